The number of hydrogen-bond acceptors (Lipinski definition) is 5. The third-order valence-corrected chi connectivity index (χ3v) is 12.1. The van der Waals surface area contributed by atoms with Crippen LogP contribution in [0, 0.1) is 12.7 Å². The highest BCUT2D eigenvalue weighted by Crippen LogP contribution is 2.46. The Kier molecular flexibility index (Phi) is 8.37. The van der Waals surface area contributed by atoms with E-state index in [9.17, 15) is 0 Å². The number of fused-ring (bicyclic) bond motifs is 1. The zero-order valence-corrected chi connectivity index (χ0v) is 23.6. The summed E-state index contributed by atoms with van der Waals surface area (Å²) in [5.41, 5.74) is -1.95. The number of hydrogen-bond donors (Lipinski definition) is 1. The number of nitrogens with one attached hydrogen (secondary N) is 1. The van der Waals surface area contributed by atoms with Gasteiger partial charge in [0.15, 0.2) is 8.32 Å². The fourth-order valence-corrected chi connectivity index (χ4v) is 7.96. The van der Waals surface area contributed by atoms with Crippen molar-refractivity contribution in [1.29, 1.82) is 0 Å². The third-order valence-electron chi connectivity index (χ3n) is 7.02. The monoisotopic (exact) mass is 538 g/mol. The van der Waals surface area contributed by atoms with Crippen molar-refractivity contribution in [3.05, 3.63) is 58.4 Å². The standard InChI is InChI=1S/C26H34ClF3N4OSi/c1-8-36(9-2,10-3)35-25(6,7)26(29,30)19-13-11-12-18(23(19)28)16(4)32-24-22-20(27)14-31-15-21(22)33-17(5)34-24/h11-16H,8-10H2,1-7H3,(H,32,33,34)/t16-/m1/s1. The highest BCUT2D eigenvalue weighted by Gasteiger charge is 2.54. The quantitative estimate of drug-likeness (QED) is 0.264. The molecule has 0 aliphatic rings. The summed E-state index contributed by atoms with van der Waals surface area (Å²) in [6.45, 7) is 12.0. The van der Waals surface area contributed by atoms with E-state index >= 15 is 13.2 Å². The van der Waals surface area contributed by atoms with Crippen molar-refractivity contribution in [2.75, 3.05) is 5.32 Å². The number of anilines is 1. The molecule has 0 spiro atoms. The summed E-state index contributed by atoms with van der Waals surface area (Å²) in [6.07, 6.45) is 3.02. The van der Waals surface area contributed by atoms with Crippen molar-refractivity contribution in [2.24, 2.45) is 0 Å². The molecular weight excluding hydrogens is 505 g/mol. The van der Waals surface area contributed by atoms with E-state index in [0.717, 1.165) is 6.07 Å². The second-order valence-corrected chi connectivity index (χ2v) is 14.7. The van der Waals surface area contributed by atoms with Crippen molar-refractivity contribution in [2.45, 2.75) is 84.2 Å². The minimum atomic E-state index is -3.56. The number of pyridine rings is 1. The van der Waals surface area contributed by atoms with Crippen LogP contribution in [0.15, 0.2) is 30.6 Å². The van der Waals surface area contributed by atoms with Crippen LogP contribution in [-0.2, 0) is 10.3 Å². The van der Waals surface area contributed by atoms with E-state index in [-0.39, 0.29) is 5.56 Å². The fourth-order valence-electron chi connectivity index (χ4n) is 4.57. The number of nitrogens with zero attached hydrogens (tertiary/aromatic N) is 3. The summed E-state index contributed by atoms with van der Waals surface area (Å²) < 4.78 is 53.8. The number of benzene rings is 1. The second-order valence-electron chi connectivity index (χ2n) is 9.64. The molecule has 0 saturated carbocycles. The van der Waals surface area contributed by atoms with Crippen LogP contribution in [0.4, 0.5) is 19.0 Å². The Morgan fingerprint density at radius 2 is 1.72 bits per heavy atom. The maximum atomic E-state index is 15.9. The SMILES string of the molecule is CC[Si](CC)(CC)OC(C)(C)C(F)(F)c1cccc([C@@H](C)Nc2nc(C)nc3cncc(Cl)c23)c1F. The van der Waals surface area contributed by atoms with Gasteiger partial charge in [0.05, 0.1) is 33.7 Å². The molecule has 36 heavy (non-hydrogen) atoms. The molecule has 0 unspecified atom stereocenters. The largest absolute Gasteiger partial charge is 0.405 e. The molecule has 3 aromatic rings. The second kappa shape index (κ2) is 10.6. The molecule has 3 rings (SSSR count). The molecule has 2 heterocycles. The molecule has 5 nitrogen and oxygen atoms in total. The highest BCUT2D eigenvalue weighted by molar-refractivity contribution is 6.73. The van der Waals surface area contributed by atoms with Gasteiger partial charge in [-0.3, -0.25) is 4.98 Å². The van der Waals surface area contributed by atoms with Crippen molar-refractivity contribution >= 4 is 36.6 Å². The molecule has 196 valence electrons. The average molecular weight is 539 g/mol. The van der Waals surface area contributed by atoms with Crippen LogP contribution in [0.2, 0.25) is 23.2 Å². The van der Waals surface area contributed by atoms with Crippen molar-refractivity contribution in [1.82, 2.24) is 15.0 Å². The Morgan fingerprint density at radius 3 is 2.33 bits per heavy atom. The first-order chi connectivity index (χ1) is 16.8. The van der Waals surface area contributed by atoms with Gasteiger partial charge in [0.2, 0.25) is 0 Å². The molecular formula is C26H34ClF3N4OSi. The minimum absolute atomic E-state index is 0.0857. The van der Waals surface area contributed by atoms with E-state index in [1.807, 2.05) is 20.8 Å². The Hall–Kier alpha value is -2.23. The molecule has 10 heteroatoms. The molecule has 2 aromatic heterocycles. The van der Waals surface area contributed by atoms with Crippen LogP contribution in [0.5, 0.6) is 0 Å². The predicted octanol–water partition coefficient (Wildman–Crippen LogP) is 8.19. The van der Waals surface area contributed by atoms with Crippen LogP contribution < -0.4 is 5.32 Å². The summed E-state index contributed by atoms with van der Waals surface area (Å²) in [5.74, 6) is -3.69. The molecule has 0 fully saturated rings. The van der Waals surface area contributed by atoms with Crippen LogP contribution in [-0.4, -0.2) is 28.9 Å². The third kappa shape index (κ3) is 5.24. The zero-order chi connectivity index (χ0) is 26.9. The Balaban J connectivity index is 2.00. The summed E-state index contributed by atoms with van der Waals surface area (Å²) in [5, 5.41) is 3.99. The highest BCUT2D eigenvalue weighted by atomic mass is 35.5. The smallest absolute Gasteiger partial charge is 0.302 e. The van der Waals surface area contributed by atoms with E-state index in [0.29, 0.717) is 45.7 Å². The van der Waals surface area contributed by atoms with Crippen molar-refractivity contribution < 1.29 is 17.6 Å². The molecule has 0 aliphatic carbocycles. The van der Waals surface area contributed by atoms with E-state index in [1.165, 1.54) is 32.2 Å². The first-order valence-electron chi connectivity index (χ1n) is 12.2. The average Bonchev–Trinajstić information content (AvgIpc) is 2.82. The van der Waals surface area contributed by atoms with Gasteiger partial charge in [-0.1, -0.05) is 44.5 Å². The topological polar surface area (TPSA) is 59.9 Å². The van der Waals surface area contributed by atoms with Crippen LogP contribution >= 0.6 is 11.6 Å². The number of halogens is 4. The number of alkyl halides is 2. The van der Waals surface area contributed by atoms with Gasteiger partial charge in [-0.15, -0.1) is 0 Å². The van der Waals surface area contributed by atoms with Gasteiger partial charge in [-0.25, -0.2) is 14.4 Å². The molecule has 0 aliphatic heterocycles. The molecule has 0 radical (unpaired) electrons. The van der Waals surface area contributed by atoms with Gasteiger partial charge >= 0.3 is 5.92 Å². The fraction of sp³-hybridized carbons (Fsp3) is 0.500. The minimum Gasteiger partial charge on any atom is -0.405 e. The molecule has 1 atom stereocenters. The number of aromatic nitrogens is 3. The van der Waals surface area contributed by atoms with E-state index < -0.39 is 37.3 Å². The molecule has 1 aromatic carbocycles. The Bertz CT molecular complexity index is 1230. The van der Waals surface area contributed by atoms with Gasteiger partial charge in [-0.05, 0) is 51.9 Å². The lowest BCUT2D eigenvalue weighted by Gasteiger charge is -2.42. The summed E-state index contributed by atoms with van der Waals surface area (Å²) >= 11 is 6.33. The maximum Gasteiger partial charge on any atom is 0.302 e. The van der Waals surface area contributed by atoms with Gasteiger partial charge in [0.1, 0.15) is 23.1 Å². The van der Waals surface area contributed by atoms with Crippen LogP contribution in [0.25, 0.3) is 10.9 Å². The Morgan fingerprint density at radius 1 is 1.08 bits per heavy atom. The number of rotatable bonds is 10. The maximum absolute atomic E-state index is 15.9. The normalized spacial score (nSPS) is 13.8. The van der Waals surface area contributed by atoms with Gasteiger partial charge in [0, 0.05) is 11.8 Å². The predicted molar refractivity (Wildman–Crippen MR) is 142 cm³/mol. The molecule has 0 amide bonds. The molecule has 0 bridgehead atoms. The van der Waals surface area contributed by atoms with Crippen LogP contribution in [0.3, 0.4) is 0 Å². The number of aryl methyl sites for hydroxylation is 1. The lowest BCUT2D eigenvalue weighted by Crippen LogP contribution is -2.52. The van der Waals surface area contributed by atoms with Gasteiger partial charge in [-0.2, -0.15) is 8.78 Å². The van der Waals surface area contributed by atoms with Gasteiger partial charge in [0.25, 0.3) is 0 Å². The molecule has 1 N–H and O–H groups in total. The Labute approximate surface area is 217 Å². The van der Waals surface area contributed by atoms with E-state index in [1.54, 1.807) is 20.0 Å². The lowest BCUT2D eigenvalue weighted by atomic mass is 9.91. The first kappa shape index (κ1) is 28.3. The van der Waals surface area contributed by atoms with E-state index in [2.05, 4.69) is 20.3 Å². The van der Waals surface area contributed by atoms with E-state index in [4.69, 9.17) is 16.0 Å². The zero-order valence-electron chi connectivity index (χ0n) is 21.8. The summed E-state index contributed by atoms with van der Waals surface area (Å²) in [7, 11) is -2.38. The lowest BCUT2D eigenvalue weighted by molar-refractivity contribution is -0.161. The summed E-state index contributed by atoms with van der Waals surface area (Å²) in [6, 6.07) is 5.52. The van der Waals surface area contributed by atoms with Crippen molar-refractivity contribution in [3.8, 4) is 0 Å². The van der Waals surface area contributed by atoms with Crippen LogP contribution in [0.1, 0.15) is 64.5 Å². The van der Waals surface area contributed by atoms with Crippen molar-refractivity contribution in [3.63, 3.8) is 0 Å². The molecule has 0 saturated heterocycles. The van der Waals surface area contributed by atoms with Gasteiger partial charge < -0.3 is 9.74 Å². The first-order valence-corrected chi connectivity index (χ1v) is 15.1. The summed E-state index contributed by atoms with van der Waals surface area (Å²) in [4.78, 5) is 12.8.